The lowest BCUT2D eigenvalue weighted by molar-refractivity contribution is 0.0211. The molecule has 28 heavy (non-hydrogen) atoms. The highest BCUT2D eigenvalue weighted by Crippen LogP contribution is 2.33. The Balaban J connectivity index is 1.34. The first-order chi connectivity index (χ1) is 13.7. The third-order valence-electron chi connectivity index (χ3n) is 6.26. The van der Waals surface area contributed by atoms with E-state index in [4.69, 9.17) is 8.83 Å². The van der Waals surface area contributed by atoms with Crippen molar-refractivity contribution in [2.75, 3.05) is 13.1 Å². The molecular formula is C23H24N2O3. The molecule has 5 heteroatoms. The van der Waals surface area contributed by atoms with Crippen molar-refractivity contribution < 1.29 is 13.6 Å². The molecule has 0 radical (unpaired) electrons. The van der Waals surface area contributed by atoms with Crippen LogP contribution in [0.25, 0.3) is 22.6 Å². The molecule has 2 bridgehead atoms. The monoisotopic (exact) mass is 376 g/mol. The maximum absolute atomic E-state index is 12.8. The van der Waals surface area contributed by atoms with Gasteiger partial charge < -0.3 is 14.2 Å². The van der Waals surface area contributed by atoms with Crippen LogP contribution < -0.4 is 5.32 Å². The molecule has 144 valence electrons. The van der Waals surface area contributed by atoms with E-state index in [-0.39, 0.29) is 11.9 Å². The summed E-state index contributed by atoms with van der Waals surface area (Å²) < 4.78 is 11.4. The summed E-state index contributed by atoms with van der Waals surface area (Å²) >= 11 is 0. The molecule has 6 rings (SSSR count). The Hall–Kier alpha value is -2.79. The maximum Gasteiger partial charge on any atom is 0.287 e. The fraction of sp³-hybridized carbons (Fsp3) is 0.348. The van der Waals surface area contributed by atoms with E-state index in [0.717, 1.165) is 42.8 Å². The van der Waals surface area contributed by atoms with Gasteiger partial charge in [0, 0.05) is 23.2 Å². The summed E-state index contributed by atoms with van der Waals surface area (Å²) in [5.41, 5.74) is 1.90. The van der Waals surface area contributed by atoms with Crippen molar-refractivity contribution in [2.24, 2.45) is 5.92 Å². The van der Waals surface area contributed by atoms with Crippen molar-refractivity contribution in [2.45, 2.75) is 31.8 Å². The van der Waals surface area contributed by atoms with Crippen molar-refractivity contribution in [3.05, 3.63) is 60.6 Å². The molecule has 1 amide bonds. The first-order valence-electron chi connectivity index (χ1n) is 9.98. The van der Waals surface area contributed by atoms with Crippen molar-refractivity contribution in [3.8, 4) is 22.6 Å². The minimum atomic E-state index is -0.126. The minimum absolute atomic E-state index is 0.126. The highest BCUT2D eigenvalue weighted by Gasteiger charge is 2.40. The number of benzene rings is 1. The predicted octanol–water partition coefficient (Wildman–Crippen LogP) is 4.42. The van der Waals surface area contributed by atoms with Gasteiger partial charge in [-0.05, 0) is 69.1 Å². The SMILES string of the molecule is CC1C(NC(=O)c2ccc(-c3cccc(-c4ccco4)c3)o2)C2CCN1CC2. The summed E-state index contributed by atoms with van der Waals surface area (Å²) in [5.74, 6) is 2.30. The van der Waals surface area contributed by atoms with Gasteiger partial charge in [-0.3, -0.25) is 9.69 Å². The number of rotatable bonds is 4. The second kappa shape index (κ2) is 6.99. The van der Waals surface area contributed by atoms with Crippen LogP contribution in [0.4, 0.5) is 0 Å². The lowest BCUT2D eigenvalue weighted by Gasteiger charge is -2.49. The van der Waals surface area contributed by atoms with E-state index >= 15 is 0 Å². The van der Waals surface area contributed by atoms with Crippen molar-refractivity contribution in [1.82, 2.24) is 10.2 Å². The Morgan fingerprint density at radius 2 is 1.82 bits per heavy atom. The fourth-order valence-electron chi connectivity index (χ4n) is 4.65. The van der Waals surface area contributed by atoms with Gasteiger partial charge in [-0.1, -0.05) is 18.2 Å². The van der Waals surface area contributed by atoms with E-state index in [2.05, 4.69) is 17.1 Å². The summed E-state index contributed by atoms with van der Waals surface area (Å²) in [5, 5.41) is 3.23. The van der Waals surface area contributed by atoms with Gasteiger partial charge in [-0.15, -0.1) is 0 Å². The summed E-state index contributed by atoms with van der Waals surface area (Å²) in [6.07, 6.45) is 3.99. The highest BCUT2D eigenvalue weighted by molar-refractivity contribution is 5.92. The summed E-state index contributed by atoms with van der Waals surface area (Å²) in [4.78, 5) is 15.3. The largest absolute Gasteiger partial charge is 0.464 e. The van der Waals surface area contributed by atoms with Gasteiger partial charge in [0.2, 0.25) is 0 Å². The molecule has 1 N–H and O–H groups in total. The van der Waals surface area contributed by atoms with Gasteiger partial charge in [-0.2, -0.15) is 0 Å². The molecule has 0 saturated carbocycles. The molecule has 2 aromatic heterocycles. The van der Waals surface area contributed by atoms with E-state index in [9.17, 15) is 4.79 Å². The average molecular weight is 376 g/mol. The predicted molar refractivity (Wildman–Crippen MR) is 107 cm³/mol. The van der Waals surface area contributed by atoms with E-state index in [0.29, 0.717) is 23.5 Å². The molecule has 1 aromatic carbocycles. The lowest BCUT2D eigenvalue weighted by atomic mass is 9.79. The van der Waals surface area contributed by atoms with Crippen LogP contribution in [-0.4, -0.2) is 36.0 Å². The fourth-order valence-corrected chi connectivity index (χ4v) is 4.65. The number of carbonyl (C=O) groups is 1. The van der Waals surface area contributed by atoms with Gasteiger partial charge in [0.05, 0.1) is 6.26 Å². The Kier molecular flexibility index (Phi) is 4.32. The summed E-state index contributed by atoms with van der Waals surface area (Å²) in [6, 6.07) is 15.9. The summed E-state index contributed by atoms with van der Waals surface area (Å²) in [6.45, 7) is 4.51. The van der Waals surface area contributed by atoms with Crippen LogP contribution in [-0.2, 0) is 0 Å². The van der Waals surface area contributed by atoms with Crippen LogP contribution in [0.1, 0.15) is 30.3 Å². The first kappa shape index (κ1) is 17.3. The topological polar surface area (TPSA) is 58.6 Å². The Bertz CT molecular complexity index is 965. The lowest BCUT2D eigenvalue weighted by Crippen LogP contribution is -2.62. The number of amides is 1. The normalized spacial score (nSPS) is 26.3. The van der Waals surface area contributed by atoms with Gasteiger partial charge in [0.15, 0.2) is 5.76 Å². The van der Waals surface area contributed by atoms with Crippen LogP contribution in [0.5, 0.6) is 0 Å². The second-order valence-corrected chi connectivity index (χ2v) is 7.84. The van der Waals surface area contributed by atoms with Gasteiger partial charge in [-0.25, -0.2) is 0 Å². The summed E-state index contributed by atoms with van der Waals surface area (Å²) in [7, 11) is 0. The molecule has 3 saturated heterocycles. The number of carbonyl (C=O) groups excluding carboxylic acids is 1. The molecule has 3 aliphatic rings. The van der Waals surface area contributed by atoms with Crippen molar-refractivity contribution >= 4 is 5.91 Å². The van der Waals surface area contributed by atoms with Gasteiger partial charge in [0.25, 0.3) is 5.91 Å². The van der Waals surface area contributed by atoms with E-state index in [1.807, 2.05) is 42.5 Å². The third-order valence-corrected chi connectivity index (χ3v) is 6.26. The maximum atomic E-state index is 12.8. The number of nitrogens with one attached hydrogen (secondary N) is 1. The number of nitrogens with zero attached hydrogens (tertiary/aromatic N) is 1. The number of hydrogen-bond donors (Lipinski definition) is 1. The van der Waals surface area contributed by atoms with Crippen LogP contribution >= 0.6 is 0 Å². The molecule has 5 nitrogen and oxygen atoms in total. The van der Waals surface area contributed by atoms with Gasteiger partial charge in [0.1, 0.15) is 11.5 Å². The zero-order valence-corrected chi connectivity index (χ0v) is 15.9. The average Bonchev–Trinajstić information content (AvgIpc) is 3.43. The van der Waals surface area contributed by atoms with E-state index in [1.165, 1.54) is 0 Å². The Labute approximate surface area is 164 Å². The molecular weight excluding hydrogens is 352 g/mol. The molecule has 2 atom stereocenters. The smallest absolute Gasteiger partial charge is 0.287 e. The Morgan fingerprint density at radius 1 is 1.04 bits per heavy atom. The molecule has 3 aliphatic heterocycles. The molecule has 3 aromatic rings. The number of furan rings is 2. The second-order valence-electron chi connectivity index (χ2n) is 7.84. The molecule has 5 heterocycles. The van der Waals surface area contributed by atoms with E-state index < -0.39 is 0 Å². The number of piperidine rings is 3. The van der Waals surface area contributed by atoms with Crippen molar-refractivity contribution in [1.29, 1.82) is 0 Å². The molecule has 0 spiro atoms. The minimum Gasteiger partial charge on any atom is -0.464 e. The van der Waals surface area contributed by atoms with Gasteiger partial charge >= 0.3 is 0 Å². The van der Waals surface area contributed by atoms with Crippen molar-refractivity contribution in [3.63, 3.8) is 0 Å². The zero-order chi connectivity index (χ0) is 19.1. The number of hydrogen-bond acceptors (Lipinski definition) is 4. The third kappa shape index (κ3) is 3.06. The highest BCUT2D eigenvalue weighted by atomic mass is 16.4. The zero-order valence-electron chi connectivity index (χ0n) is 15.9. The molecule has 3 fully saturated rings. The van der Waals surface area contributed by atoms with Crippen LogP contribution in [0.3, 0.4) is 0 Å². The van der Waals surface area contributed by atoms with Crippen LogP contribution in [0.15, 0.2) is 63.6 Å². The van der Waals surface area contributed by atoms with E-state index in [1.54, 1.807) is 12.3 Å². The number of fused-ring (bicyclic) bond motifs is 3. The molecule has 0 aliphatic carbocycles. The first-order valence-corrected chi connectivity index (χ1v) is 9.98. The standard InChI is InChI=1S/C23H24N2O3/c1-15-22(16-9-11-25(15)12-10-16)24-23(26)21-8-7-20(28-21)18-5-2-4-17(14-18)19-6-3-13-27-19/h2-8,13-16,22H,9-12H2,1H3,(H,24,26). The van der Waals surface area contributed by atoms with Crippen LogP contribution in [0, 0.1) is 5.92 Å². The quantitative estimate of drug-likeness (QED) is 0.732. The van der Waals surface area contributed by atoms with Crippen LogP contribution in [0.2, 0.25) is 0 Å². The Morgan fingerprint density at radius 3 is 2.54 bits per heavy atom. The molecule has 2 unspecified atom stereocenters.